The molecule has 2 saturated heterocycles. The summed E-state index contributed by atoms with van der Waals surface area (Å²) in [6.45, 7) is 7.68. The van der Waals surface area contributed by atoms with Gasteiger partial charge in [0.1, 0.15) is 5.52 Å². The molecular formula is C32H43N7O3. The van der Waals surface area contributed by atoms with E-state index in [-0.39, 0.29) is 6.04 Å². The van der Waals surface area contributed by atoms with Crippen molar-refractivity contribution in [1.29, 1.82) is 0 Å². The van der Waals surface area contributed by atoms with E-state index in [1.165, 1.54) is 44.1 Å². The zero-order chi connectivity index (χ0) is 28.6. The third kappa shape index (κ3) is 5.46. The summed E-state index contributed by atoms with van der Waals surface area (Å²) in [6.07, 6.45) is 8.53. The first kappa shape index (κ1) is 27.6. The number of hydrogen-bond donors (Lipinski definition) is 2. The van der Waals surface area contributed by atoms with Crippen LogP contribution < -0.4 is 15.7 Å². The fourth-order valence-corrected chi connectivity index (χ4v) is 7.53. The molecule has 2 aliphatic heterocycles. The summed E-state index contributed by atoms with van der Waals surface area (Å²) >= 11 is 0. The van der Waals surface area contributed by atoms with Gasteiger partial charge in [-0.2, -0.15) is 4.98 Å². The van der Waals surface area contributed by atoms with Crippen LogP contribution in [-0.2, 0) is 16.1 Å². The van der Waals surface area contributed by atoms with Crippen molar-refractivity contribution in [2.75, 3.05) is 24.7 Å². The van der Waals surface area contributed by atoms with Crippen LogP contribution in [0.15, 0.2) is 30.3 Å². The van der Waals surface area contributed by atoms with Gasteiger partial charge in [0.2, 0.25) is 5.95 Å². The molecule has 1 amide bonds. The van der Waals surface area contributed by atoms with Crippen molar-refractivity contribution in [3.05, 3.63) is 47.4 Å². The second kappa shape index (κ2) is 11.8. The zero-order valence-electron chi connectivity index (χ0n) is 24.8. The van der Waals surface area contributed by atoms with Gasteiger partial charge in [-0.3, -0.25) is 5.32 Å². The van der Waals surface area contributed by atoms with Gasteiger partial charge in [-0.25, -0.2) is 14.8 Å². The Morgan fingerprint density at radius 2 is 1.81 bits per heavy atom. The van der Waals surface area contributed by atoms with Crippen molar-refractivity contribution in [2.24, 2.45) is 17.8 Å². The summed E-state index contributed by atoms with van der Waals surface area (Å²) < 4.78 is 8.49. The van der Waals surface area contributed by atoms with Crippen LogP contribution in [0, 0.1) is 17.8 Å². The molecule has 0 bridgehead atoms. The third-order valence-electron chi connectivity index (χ3n) is 9.89. The number of nitrogens with one attached hydrogen (secondary N) is 2. The smallest absolute Gasteiger partial charge is 0.377 e. The lowest BCUT2D eigenvalue weighted by Gasteiger charge is -2.37. The molecule has 10 heteroatoms. The number of benzene rings is 1. The standard InChI is InChI=1S/C32H43N7O3/c1-20-11-13-22(14-12-20)18-39-27-26(24-10-6-7-21(2)17-24)33-29(30-36-32(40)42-37-30)34-28(27)35-31(39)38-15-16-41-19-25(38)23-8-4-3-5-9-23/h3-5,8-9,20-22,24-25,30,37H,6-7,10-19H2,1-2H3,(H,36,40)/t20?,21?,22?,24?,25-,30?/m0/s1. The number of ether oxygens (including phenoxy) is 1. The molecule has 4 heterocycles. The number of aromatic nitrogens is 4. The van der Waals surface area contributed by atoms with Crippen LogP contribution in [0.1, 0.15) is 100 Å². The van der Waals surface area contributed by atoms with E-state index >= 15 is 0 Å². The Bertz CT molecular complexity index is 1400. The molecular weight excluding hydrogens is 530 g/mol. The number of carbonyl (C=O) groups is 1. The lowest BCUT2D eigenvalue weighted by atomic mass is 9.80. The minimum absolute atomic E-state index is 0.0664. The van der Waals surface area contributed by atoms with Gasteiger partial charge in [0, 0.05) is 19.0 Å². The molecule has 2 aliphatic carbocycles. The second-order valence-corrected chi connectivity index (χ2v) is 13.0. The molecule has 42 heavy (non-hydrogen) atoms. The molecule has 2 saturated carbocycles. The Hall–Kier alpha value is -3.24. The van der Waals surface area contributed by atoms with E-state index in [1.54, 1.807) is 0 Å². The first-order valence-corrected chi connectivity index (χ1v) is 15.9. The highest BCUT2D eigenvalue weighted by atomic mass is 16.7. The summed E-state index contributed by atoms with van der Waals surface area (Å²) in [5.41, 5.74) is 6.82. The first-order valence-electron chi connectivity index (χ1n) is 15.9. The number of hydroxylamine groups is 1. The van der Waals surface area contributed by atoms with Crippen molar-refractivity contribution in [1.82, 2.24) is 30.3 Å². The normalized spacial score (nSPS) is 30.3. The molecule has 7 rings (SSSR count). The van der Waals surface area contributed by atoms with Gasteiger partial charge in [-0.05, 0) is 49.0 Å². The van der Waals surface area contributed by atoms with Gasteiger partial charge < -0.3 is 19.0 Å². The van der Waals surface area contributed by atoms with Gasteiger partial charge in [-0.15, -0.1) is 5.48 Å². The van der Waals surface area contributed by atoms with Crippen molar-refractivity contribution >= 4 is 23.2 Å². The minimum Gasteiger partial charge on any atom is -0.377 e. The van der Waals surface area contributed by atoms with Gasteiger partial charge >= 0.3 is 6.09 Å². The lowest BCUT2D eigenvalue weighted by molar-refractivity contribution is 0.0927. The maximum Gasteiger partial charge on any atom is 0.427 e. The molecule has 2 N–H and O–H groups in total. The van der Waals surface area contributed by atoms with Crippen LogP contribution in [0.4, 0.5) is 10.7 Å². The van der Waals surface area contributed by atoms with Crippen LogP contribution in [0.25, 0.3) is 11.2 Å². The van der Waals surface area contributed by atoms with E-state index in [4.69, 9.17) is 24.5 Å². The summed E-state index contributed by atoms with van der Waals surface area (Å²) in [7, 11) is 0. The SMILES string of the molecule is CC1CCC(Cn2c(N3CCOC[C@H]3c3ccccc3)nc3nc(C4NOC(=O)N4)nc(C4CCCC(C)C4)c32)CC1. The molecule has 1 aromatic carbocycles. The highest BCUT2D eigenvalue weighted by Crippen LogP contribution is 2.41. The Kier molecular flexibility index (Phi) is 7.75. The number of imidazole rings is 1. The maximum atomic E-state index is 11.9. The molecule has 4 aliphatic rings. The van der Waals surface area contributed by atoms with Crippen LogP contribution in [0.3, 0.4) is 0 Å². The Morgan fingerprint density at radius 1 is 0.976 bits per heavy atom. The van der Waals surface area contributed by atoms with Crippen molar-refractivity contribution in [3.8, 4) is 0 Å². The topological polar surface area (TPSA) is 106 Å². The highest BCUT2D eigenvalue weighted by molar-refractivity contribution is 5.79. The van der Waals surface area contributed by atoms with Gasteiger partial charge in [0.15, 0.2) is 17.6 Å². The largest absolute Gasteiger partial charge is 0.427 e. The number of morpholine rings is 1. The van der Waals surface area contributed by atoms with E-state index in [0.717, 1.165) is 49.0 Å². The number of anilines is 1. The van der Waals surface area contributed by atoms with E-state index in [9.17, 15) is 4.79 Å². The quantitative estimate of drug-likeness (QED) is 0.383. The third-order valence-corrected chi connectivity index (χ3v) is 9.89. The number of amides is 1. The summed E-state index contributed by atoms with van der Waals surface area (Å²) in [5.74, 6) is 3.81. The van der Waals surface area contributed by atoms with Crippen LogP contribution in [0.2, 0.25) is 0 Å². The number of rotatable bonds is 6. The van der Waals surface area contributed by atoms with Crippen molar-refractivity contribution in [2.45, 2.75) is 89.9 Å². The van der Waals surface area contributed by atoms with Gasteiger partial charge in [0.05, 0.1) is 24.9 Å². The zero-order valence-corrected chi connectivity index (χ0v) is 24.8. The van der Waals surface area contributed by atoms with E-state index in [2.05, 4.69) is 64.4 Å². The van der Waals surface area contributed by atoms with Gasteiger partial charge in [-0.1, -0.05) is 69.9 Å². The van der Waals surface area contributed by atoms with Crippen molar-refractivity contribution < 1.29 is 14.4 Å². The van der Waals surface area contributed by atoms with Crippen LogP contribution >= 0.6 is 0 Å². The van der Waals surface area contributed by atoms with Crippen LogP contribution in [0.5, 0.6) is 0 Å². The molecule has 0 spiro atoms. The molecule has 2 aromatic heterocycles. The predicted octanol–water partition coefficient (Wildman–Crippen LogP) is 5.77. The Labute approximate surface area is 247 Å². The minimum atomic E-state index is -0.601. The Balaban J connectivity index is 1.38. The second-order valence-electron chi connectivity index (χ2n) is 13.0. The average molecular weight is 574 g/mol. The monoisotopic (exact) mass is 573 g/mol. The summed E-state index contributed by atoms with van der Waals surface area (Å²) in [5, 5.41) is 2.80. The molecule has 4 fully saturated rings. The van der Waals surface area contributed by atoms with Crippen molar-refractivity contribution in [3.63, 3.8) is 0 Å². The highest BCUT2D eigenvalue weighted by Gasteiger charge is 2.35. The summed E-state index contributed by atoms with van der Waals surface area (Å²) in [4.78, 5) is 34.9. The first-order chi connectivity index (χ1) is 20.5. The van der Waals surface area contributed by atoms with Crippen LogP contribution in [-0.4, -0.2) is 45.4 Å². The summed E-state index contributed by atoms with van der Waals surface area (Å²) in [6, 6.07) is 10.7. The number of fused-ring (bicyclic) bond motifs is 1. The Morgan fingerprint density at radius 3 is 2.57 bits per heavy atom. The molecule has 224 valence electrons. The van der Waals surface area contributed by atoms with Gasteiger partial charge in [0.25, 0.3) is 0 Å². The number of carbonyl (C=O) groups excluding carboxylic acids is 1. The fourth-order valence-electron chi connectivity index (χ4n) is 7.53. The molecule has 0 radical (unpaired) electrons. The molecule has 3 unspecified atom stereocenters. The van der Waals surface area contributed by atoms with E-state index < -0.39 is 12.3 Å². The molecule has 10 nitrogen and oxygen atoms in total. The number of nitrogens with zero attached hydrogens (tertiary/aromatic N) is 5. The lowest BCUT2D eigenvalue weighted by Crippen LogP contribution is -2.41. The van der Waals surface area contributed by atoms with E-state index in [1.807, 2.05) is 0 Å². The van der Waals surface area contributed by atoms with E-state index in [0.29, 0.717) is 42.4 Å². The molecule has 3 aromatic rings. The molecule has 4 atom stereocenters. The number of hydrogen-bond acceptors (Lipinski definition) is 8. The maximum absolute atomic E-state index is 11.9. The average Bonchev–Trinajstić information content (AvgIpc) is 3.62. The fraction of sp³-hybridized carbons (Fsp3) is 0.625. The predicted molar refractivity (Wildman–Crippen MR) is 160 cm³/mol.